The van der Waals surface area contributed by atoms with E-state index >= 15 is 0 Å². The van der Waals surface area contributed by atoms with Gasteiger partial charge in [0.05, 0.1) is 0 Å². The van der Waals surface area contributed by atoms with Gasteiger partial charge in [-0.2, -0.15) is 0 Å². The Labute approximate surface area is 132 Å². The molecule has 21 heavy (non-hydrogen) atoms. The zero-order valence-corrected chi connectivity index (χ0v) is 14.4. The summed E-state index contributed by atoms with van der Waals surface area (Å²) in [4.78, 5) is 2.90. The van der Waals surface area contributed by atoms with Crippen LogP contribution < -0.4 is 5.32 Å². The van der Waals surface area contributed by atoms with Crippen molar-refractivity contribution in [2.45, 2.75) is 89.6 Å². The molecule has 1 saturated heterocycles. The van der Waals surface area contributed by atoms with Crippen LogP contribution in [0.1, 0.15) is 78.1 Å². The average molecular weight is 293 g/mol. The molecule has 0 aromatic heterocycles. The van der Waals surface area contributed by atoms with E-state index in [1.54, 1.807) is 0 Å². The summed E-state index contributed by atoms with van der Waals surface area (Å²) in [6, 6.07) is 0.784. The Kier molecular flexibility index (Phi) is 5.27. The highest BCUT2D eigenvalue weighted by Gasteiger charge is 2.40. The minimum Gasteiger partial charge on any atom is -0.308 e. The molecule has 0 aromatic rings. The first-order valence-corrected chi connectivity index (χ1v) is 9.71. The van der Waals surface area contributed by atoms with Gasteiger partial charge in [-0.25, -0.2) is 0 Å². The van der Waals surface area contributed by atoms with Gasteiger partial charge < -0.3 is 5.32 Å². The fourth-order valence-electron chi connectivity index (χ4n) is 5.18. The summed E-state index contributed by atoms with van der Waals surface area (Å²) in [6.45, 7) is 8.82. The summed E-state index contributed by atoms with van der Waals surface area (Å²) in [7, 11) is 0. The number of hydrogen-bond acceptors (Lipinski definition) is 2. The summed E-state index contributed by atoms with van der Waals surface area (Å²) in [5.41, 5.74) is 0.474. The molecule has 0 radical (unpaired) electrons. The summed E-state index contributed by atoms with van der Waals surface area (Å²) < 4.78 is 0. The Balaban J connectivity index is 1.64. The molecular weight excluding hydrogens is 256 g/mol. The topological polar surface area (TPSA) is 15.3 Å². The van der Waals surface area contributed by atoms with Crippen LogP contribution in [0.3, 0.4) is 0 Å². The maximum atomic E-state index is 3.97. The van der Waals surface area contributed by atoms with Gasteiger partial charge in [0.15, 0.2) is 0 Å². The molecule has 0 amide bonds. The molecular formula is C19H36N2. The molecule has 1 aliphatic heterocycles. The van der Waals surface area contributed by atoms with E-state index in [1.165, 1.54) is 83.8 Å². The van der Waals surface area contributed by atoms with Gasteiger partial charge in [-0.15, -0.1) is 0 Å². The zero-order chi connectivity index (χ0) is 14.7. The Hall–Kier alpha value is -0.0800. The highest BCUT2D eigenvalue weighted by atomic mass is 15.3. The van der Waals surface area contributed by atoms with E-state index in [-0.39, 0.29) is 0 Å². The van der Waals surface area contributed by atoms with Crippen LogP contribution in [0.5, 0.6) is 0 Å². The standard InChI is InChI=1S/C19H36N2/c1-3-18-13-20-19(11-7-4-8-12-19)15-21(18)14-17-10-6-5-9-16(17)2/h16-18,20H,3-15H2,1-2H3. The monoisotopic (exact) mass is 292 g/mol. The SMILES string of the molecule is CCC1CNC2(CCCCC2)CN1CC1CCCCC1C. The van der Waals surface area contributed by atoms with Crippen molar-refractivity contribution in [3.05, 3.63) is 0 Å². The van der Waals surface area contributed by atoms with Crippen LogP contribution in [0.15, 0.2) is 0 Å². The zero-order valence-electron chi connectivity index (χ0n) is 14.4. The number of nitrogens with zero attached hydrogens (tertiary/aromatic N) is 1. The predicted molar refractivity (Wildman–Crippen MR) is 90.6 cm³/mol. The third-order valence-electron chi connectivity index (χ3n) is 6.77. The van der Waals surface area contributed by atoms with Crippen LogP contribution in [-0.4, -0.2) is 36.1 Å². The van der Waals surface area contributed by atoms with E-state index in [0.717, 1.165) is 17.9 Å². The largest absolute Gasteiger partial charge is 0.308 e. The minimum absolute atomic E-state index is 0.474. The lowest BCUT2D eigenvalue weighted by Gasteiger charge is -2.51. The van der Waals surface area contributed by atoms with Crippen LogP contribution in [0.2, 0.25) is 0 Å². The summed E-state index contributed by atoms with van der Waals surface area (Å²) in [6.07, 6.45) is 14.4. The van der Waals surface area contributed by atoms with Gasteiger partial charge in [-0.3, -0.25) is 4.90 Å². The van der Waals surface area contributed by atoms with Crippen molar-refractivity contribution in [2.24, 2.45) is 11.8 Å². The molecule has 2 nitrogen and oxygen atoms in total. The lowest BCUT2D eigenvalue weighted by Crippen LogP contribution is -2.65. The van der Waals surface area contributed by atoms with Gasteiger partial charge in [-0.05, 0) is 37.5 Å². The van der Waals surface area contributed by atoms with Crippen molar-refractivity contribution < 1.29 is 0 Å². The van der Waals surface area contributed by atoms with Crippen molar-refractivity contribution in [1.29, 1.82) is 0 Å². The number of piperazine rings is 1. The lowest BCUT2D eigenvalue weighted by atomic mass is 9.77. The molecule has 3 rings (SSSR count). The van der Waals surface area contributed by atoms with E-state index < -0.39 is 0 Å². The molecule has 122 valence electrons. The molecule has 2 aliphatic carbocycles. The van der Waals surface area contributed by atoms with E-state index in [1.807, 2.05) is 0 Å². The Morgan fingerprint density at radius 3 is 2.52 bits per heavy atom. The summed E-state index contributed by atoms with van der Waals surface area (Å²) >= 11 is 0. The lowest BCUT2D eigenvalue weighted by molar-refractivity contribution is 0.0302. The molecule has 3 aliphatic rings. The van der Waals surface area contributed by atoms with Crippen molar-refractivity contribution >= 4 is 0 Å². The maximum Gasteiger partial charge on any atom is 0.0309 e. The maximum absolute atomic E-state index is 3.97. The van der Waals surface area contributed by atoms with Crippen molar-refractivity contribution in [2.75, 3.05) is 19.6 Å². The quantitative estimate of drug-likeness (QED) is 0.838. The van der Waals surface area contributed by atoms with Gasteiger partial charge in [0.25, 0.3) is 0 Å². The fourth-order valence-corrected chi connectivity index (χ4v) is 5.18. The van der Waals surface area contributed by atoms with E-state index in [2.05, 4.69) is 24.1 Å². The molecule has 0 bridgehead atoms. The van der Waals surface area contributed by atoms with Gasteiger partial charge in [0.2, 0.25) is 0 Å². The third-order valence-corrected chi connectivity index (χ3v) is 6.77. The Bertz CT molecular complexity index is 322. The average Bonchev–Trinajstić information content (AvgIpc) is 2.51. The highest BCUT2D eigenvalue weighted by molar-refractivity contribution is 5.00. The molecule has 3 fully saturated rings. The second-order valence-corrected chi connectivity index (χ2v) is 8.24. The van der Waals surface area contributed by atoms with Crippen molar-refractivity contribution in [3.8, 4) is 0 Å². The molecule has 1 heterocycles. The number of rotatable bonds is 3. The van der Waals surface area contributed by atoms with Gasteiger partial charge in [0.1, 0.15) is 0 Å². The molecule has 3 atom stereocenters. The van der Waals surface area contributed by atoms with Crippen molar-refractivity contribution in [1.82, 2.24) is 10.2 Å². The number of hydrogen-bond donors (Lipinski definition) is 1. The van der Waals surface area contributed by atoms with Crippen LogP contribution in [0.4, 0.5) is 0 Å². The predicted octanol–water partition coefficient (Wildman–Crippen LogP) is 4.20. The summed E-state index contributed by atoms with van der Waals surface area (Å²) in [5.74, 6) is 1.92. The first-order chi connectivity index (χ1) is 10.2. The summed E-state index contributed by atoms with van der Waals surface area (Å²) in [5, 5.41) is 3.97. The van der Waals surface area contributed by atoms with Crippen LogP contribution in [-0.2, 0) is 0 Å². The second kappa shape index (κ2) is 7.00. The number of nitrogens with one attached hydrogen (secondary N) is 1. The third kappa shape index (κ3) is 3.64. The van der Waals surface area contributed by atoms with Crippen LogP contribution in [0.25, 0.3) is 0 Å². The normalized spacial score (nSPS) is 37.7. The molecule has 2 heteroatoms. The smallest absolute Gasteiger partial charge is 0.0309 e. The van der Waals surface area contributed by atoms with E-state index in [9.17, 15) is 0 Å². The van der Waals surface area contributed by atoms with Crippen LogP contribution >= 0.6 is 0 Å². The Morgan fingerprint density at radius 2 is 1.81 bits per heavy atom. The van der Waals surface area contributed by atoms with Crippen LogP contribution in [0, 0.1) is 11.8 Å². The van der Waals surface area contributed by atoms with E-state index in [0.29, 0.717) is 5.54 Å². The highest BCUT2D eigenvalue weighted by Crippen LogP contribution is 2.35. The van der Waals surface area contributed by atoms with Gasteiger partial charge >= 0.3 is 0 Å². The molecule has 0 aromatic carbocycles. The van der Waals surface area contributed by atoms with Gasteiger partial charge in [-0.1, -0.05) is 52.4 Å². The first-order valence-electron chi connectivity index (χ1n) is 9.71. The molecule has 3 unspecified atom stereocenters. The molecule has 1 spiro atoms. The van der Waals surface area contributed by atoms with E-state index in [4.69, 9.17) is 0 Å². The Morgan fingerprint density at radius 1 is 1.05 bits per heavy atom. The second-order valence-electron chi connectivity index (χ2n) is 8.24. The molecule has 2 saturated carbocycles. The van der Waals surface area contributed by atoms with Gasteiger partial charge in [0, 0.05) is 31.2 Å². The first kappa shape index (κ1) is 15.8. The van der Waals surface area contributed by atoms with Crippen molar-refractivity contribution in [3.63, 3.8) is 0 Å². The minimum atomic E-state index is 0.474. The fraction of sp³-hybridized carbons (Fsp3) is 1.00. The molecule has 1 N–H and O–H groups in total.